The molecular formula is C26H22F3N5O3S. The maximum Gasteiger partial charge on any atom is 0.264 e. The number of hydrogen-bond donors (Lipinski definition) is 1. The molecule has 0 radical (unpaired) electrons. The lowest BCUT2D eigenvalue weighted by molar-refractivity contribution is -0.116. The highest BCUT2D eigenvalue weighted by molar-refractivity contribution is 7.20. The van der Waals surface area contributed by atoms with Crippen LogP contribution in [0, 0.1) is 24.4 Å². The molecule has 0 atom stereocenters. The van der Waals surface area contributed by atoms with E-state index in [4.69, 9.17) is 0 Å². The largest absolute Gasteiger partial charge is 0.366 e. The number of nitrogens with one attached hydrogen (secondary N) is 1. The number of amides is 2. The van der Waals surface area contributed by atoms with Gasteiger partial charge >= 0.3 is 0 Å². The first kappa shape index (κ1) is 25.5. The lowest BCUT2D eigenvalue weighted by atomic mass is 10.2. The van der Waals surface area contributed by atoms with Crippen LogP contribution in [0.1, 0.15) is 15.2 Å². The van der Waals surface area contributed by atoms with Crippen LogP contribution in [0.2, 0.25) is 0 Å². The second-order valence-electron chi connectivity index (χ2n) is 8.82. The highest BCUT2D eigenvalue weighted by atomic mass is 32.1. The van der Waals surface area contributed by atoms with Crippen molar-refractivity contribution in [3.63, 3.8) is 0 Å². The van der Waals surface area contributed by atoms with Gasteiger partial charge in [-0.1, -0.05) is 12.1 Å². The average molecular weight is 542 g/mol. The van der Waals surface area contributed by atoms with Crippen molar-refractivity contribution in [2.75, 3.05) is 36.4 Å². The minimum atomic E-state index is -0.939. The lowest BCUT2D eigenvalue weighted by Crippen LogP contribution is -2.49. The molecule has 0 unspecified atom stereocenters. The Balaban J connectivity index is 1.32. The van der Waals surface area contributed by atoms with Gasteiger partial charge in [0.05, 0.1) is 28.0 Å². The molecule has 12 heteroatoms. The molecule has 3 heterocycles. The maximum absolute atomic E-state index is 14.1. The summed E-state index contributed by atoms with van der Waals surface area (Å²) in [5.41, 5.74) is 0.229. The summed E-state index contributed by atoms with van der Waals surface area (Å²) in [6.45, 7) is 2.91. The number of hydrogen-bond acceptors (Lipinski definition) is 6. The number of aryl methyl sites for hydroxylation is 1. The molecule has 196 valence electrons. The zero-order chi connectivity index (χ0) is 27.0. The lowest BCUT2D eigenvalue weighted by Gasteiger charge is -2.36. The highest BCUT2D eigenvalue weighted by Gasteiger charge is 2.27. The van der Waals surface area contributed by atoms with E-state index in [9.17, 15) is 27.6 Å². The molecule has 1 N–H and O–H groups in total. The molecule has 2 amide bonds. The van der Waals surface area contributed by atoms with Gasteiger partial charge in [-0.15, -0.1) is 11.3 Å². The Morgan fingerprint density at radius 2 is 1.76 bits per heavy atom. The number of rotatable bonds is 5. The zero-order valence-electron chi connectivity index (χ0n) is 20.2. The van der Waals surface area contributed by atoms with Gasteiger partial charge in [0.15, 0.2) is 0 Å². The van der Waals surface area contributed by atoms with Gasteiger partial charge < -0.3 is 15.1 Å². The minimum Gasteiger partial charge on any atom is -0.366 e. The summed E-state index contributed by atoms with van der Waals surface area (Å²) in [6.07, 6.45) is 1.20. The zero-order valence-corrected chi connectivity index (χ0v) is 21.0. The number of piperazine rings is 1. The van der Waals surface area contributed by atoms with E-state index in [0.717, 1.165) is 28.0 Å². The summed E-state index contributed by atoms with van der Waals surface area (Å²) < 4.78 is 42.2. The van der Waals surface area contributed by atoms with E-state index in [1.54, 1.807) is 30.0 Å². The molecule has 0 bridgehead atoms. The Hall–Kier alpha value is -4.19. The molecule has 0 aliphatic carbocycles. The molecule has 0 spiro atoms. The Kier molecular flexibility index (Phi) is 6.89. The van der Waals surface area contributed by atoms with Crippen LogP contribution in [0.5, 0.6) is 0 Å². The summed E-state index contributed by atoms with van der Waals surface area (Å²) in [7, 11) is 0. The maximum atomic E-state index is 14.1. The van der Waals surface area contributed by atoms with E-state index in [1.165, 1.54) is 12.4 Å². The van der Waals surface area contributed by atoms with Crippen molar-refractivity contribution < 1.29 is 22.8 Å². The summed E-state index contributed by atoms with van der Waals surface area (Å²) >= 11 is 1.10. The fourth-order valence-corrected chi connectivity index (χ4v) is 5.52. The van der Waals surface area contributed by atoms with E-state index < -0.39 is 29.6 Å². The van der Waals surface area contributed by atoms with Crippen LogP contribution < -0.4 is 15.8 Å². The third-order valence-corrected chi connectivity index (χ3v) is 7.58. The predicted molar refractivity (Wildman–Crippen MR) is 138 cm³/mol. The predicted octanol–water partition coefficient (Wildman–Crippen LogP) is 3.78. The van der Waals surface area contributed by atoms with Gasteiger partial charge in [-0.2, -0.15) is 0 Å². The van der Waals surface area contributed by atoms with Gasteiger partial charge in [0, 0.05) is 32.2 Å². The van der Waals surface area contributed by atoms with Crippen LogP contribution in [0.25, 0.3) is 10.2 Å². The number of nitrogens with zero attached hydrogens (tertiary/aromatic N) is 4. The van der Waals surface area contributed by atoms with Crippen LogP contribution in [0.3, 0.4) is 0 Å². The van der Waals surface area contributed by atoms with E-state index in [2.05, 4.69) is 10.3 Å². The van der Waals surface area contributed by atoms with E-state index in [0.29, 0.717) is 53.2 Å². The summed E-state index contributed by atoms with van der Waals surface area (Å²) in [5, 5.41) is 2.54. The fourth-order valence-electron chi connectivity index (χ4n) is 4.41. The van der Waals surface area contributed by atoms with Crippen molar-refractivity contribution in [3.8, 4) is 0 Å². The Labute approximate surface area is 218 Å². The number of carbonyl (C=O) groups is 2. The third-order valence-electron chi connectivity index (χ3n) is 6.39. The van der Waals surface area contributed by atoms with Crippen LogP contribution in [-0.4, -0.2) is 52.4 Å². The topological polar surface area (TPSA) is 87.5 Å². The first-order chi connectivity index (χ1) is 18.2. The van der Waals surface area contributed by atoms with E-state index in [1.807, 2.05) is 4.90 Å². The SMILES string of the molecule is Cc1c(C(=O)N2CCN(c3ccccc3F)CC2)sc2ncn(CC(=O)Nc3ccc(F)cc3F)c(=O)c12. The third kappa shape index (κ3) is 4.86. The first-order valence-corrected chi connectivity index (χ1v) is 12.6. The number of para-hydroxylation sites is 1. The monoisotopic (exact) mass is 541 g/mol. The fraction of sp³-hybridized carbons (Fsp3) is 0.231. The summed E-state index contributed by atoms with van der Waals surface area (Å²) in [5.74, 6) is -2.97. The number of aromatic nitrogens is 2. The Morgan fingerprint density at radius 1 is 1.03 bits per heavy atom. The Morgan fingerprint density at radius 3 is 2.47 bits per heavy atom. The molecule has 1 saturated heterocycles. The number of halogens is 3. The number of anilines is 2. The second-order valence-corrected chi connectivity index (χ2v) is 9.82. The van der Waals surface area contributed by atoms with Gasteiger partial charge in [0.2, 0.25) is 5.91 Å². The van der Waals surface area contributed by atoms with Gasteiger partial charge in [-0.25, -0.2) is 18.2 Å². The van der Waals surface area contributed by atoms with E-state index in [-0.39, 0.29) is 22.8 Å². The van der Waals surface area contributed by atoms with Gasteiger partial charge in [-0.3, -0.25) is 19.0 Å². The Bertz CT molecular complexity index is 1610. The standard InChI is InChI=1S/C26H22F3N5O3S/c1-15-22-24(30-14-34(25(22)36)13-21(35)31-19-7-6-16(27)12-18(19)29)38-23(15)26(37)33-10-8-32(9-11-33)20-5-3-2-4-17(20)28/h2-7,12,14H,8-11,13H2,1H3,(H,31,35). The van der Waals surface area contributed by atoms with E-state index >= 15 is 0 Å². The summed E-state index contributed by atoms with van der Waals surface area (Å²) in [4.78, 5) is 47.4. The van der Waals surface area contributed by atoms with Gasteiger partial charge in [-0.05, 0) is 36.8 Å². The van der Waals surface area contributed by atoms with Crippen molar-refractivity contribution in [2.45, 2.75) is 13.5 Å². The van der Waals surface area contributed by atoms with Crippen molar-refractivity contribution >= 4 is 44.7 Å². The highest BCUT2D eigenvalue weighted by Crippen LogP contribution is 2.29. The molecular weight excluding hydrogens is 519 g/mol. The number of benzene rings is 2. The number of fused-ring (bicyclic) bond motifs is 1. The normalized spacial score (nSPS) is 13.7. The van der Waals surface area contributed by atoms with Gasteiger partial charge in [0.1, 0.15) is 28.8 Å². The average Bonchev–Trinajstić information content (AvgIpc) is 3.24. The van der Waals surface area contributed by atoms with Gasteiger partial charge in [0.25, 0.3) is 11.5 Å². The first-order valence-electron chi connectivity index (χ1n) is 11.7. The van der Waals surface area contributed by atoms with Crippen LogP contribution in [0.15, 0.2) is 53.6 Å². The minimum absolute atomic E-state index is 0.215. The molecule has 5 rings (SSSR count). The quantitative estimate of drug-likeness (QED) is 0.416. The molecule has 8 nitrogen and oxygen atoms in total. The molecule has 2 aromatic carbocycles. The van der Waals surface area contributed by atoms with Crippen LogP contribution >= 0.6 is 11.3 Å². The molecule has 1 fully saturated rings. The smallest absolute Gasteiger partial charge is 0.264 e. The molecule has 2 aromatic heterocycles. The van der Waals surface area contributed by atoms with Crippen molar-refractivity contribution in [1.82, 2.24) is 14.5 Å². The van der Waals surface area contributed by atoms with Crippen molar-refractivity contribution in [2.24, 2.45) is 0 Å². The van der Waals surface area contributed by atoms with Crippen LogP contribution in [0.4, 0.5) is 24.5 Å². The van der Waals surface area contributed by atoms with Crippen molar-refractivity contribution in [3.05, 3.63) is 87.0 Å². The number of carbonyl (C=O) groups excluding carboxylic acids is 2. The molecule has 1 aliphatic heterocycles. The summed E-state index contributed by atoms with van der Waals surface area (Å²) in [6, 6.07) is 9.23. The number of thiophene rings is 1. The molecule has 38 heavy (non-hydrogen) atoms. The molecule has 0 saturated carbocycles. The van der Waals surface area contributed by atoms with Crippen molar-refractivity contribution in [1.29, 1.82) is 0 Å². The second kappa shape index (κ2) is 10.3. The molecule has 1 aliphatic rings. The van der Waals surface area contributed by atoms with Crippen LogP contribution in [-0.2, 0) is 11.3 Å². The molecule has 4 aromatic rings.